The fourth-order valence-corrected chi connectivity index (χ4v) is 7.87. The number of hydrogen-bond donors (Lipinski definition) is 0. The molecule has 12 nitrogen and oxygen atoms in total. The molecule has 0 aliphatic carbocycles. The van der Waals surface area contributed by atoms with E-state index in [1.807, 2.05) is 12.1 Å². The van der Waals surface area contributed by atoms with Gasteiger partial charge < -0.3 is 29.0 Å². The van der Waals surface area contributed by atoms with Crippen LogP contribution in [0.2, 0.25) is 5.02 Å². The van der Waals surface area contributed by atoms with Crippen molar-refractivity contribution in [2.45, 2.75) is 71.5 Å². The topological polar surface area (TPSA) is 113 Å². The van der Waals surface area contributed by atoms with Crippen molar-refractivity contribution >= 4 is 45.9 Å². The summed E-state index contributed by atoms with van der Waals surface area (Å²) in [7, 11) is 0. The van der Waals surface area contributed by atoms with Gasteiger partial charge in [-0.3, -0.25) is 9.69 Å². The molecule has 0 saturated carbocycles. The number of anilines is 2. The molecule has 3 aliphatic heterocycles. The molecule has 0 spiro atoms. The maximum absolute atomic E-state index is 14.0. The van der Waals surface area contributed by atoms with E-state index in [2.05, 4.69) is 71.2 Å². The van der Waals surface area contributed by atoms with E-state index in [1.54, 1.807) is 0 Å². The largest absolute Gasteiger partial charge is 0.462 e. The quantitative estimate of drug-likeness (QED) is 0.110. The third-order valence-corrected chi connectivity index (χ3v) is 10.7. The van der Waals surface area contributed by atoms with Gasteiger partial charge in [-0.25, -0.2) is 11.0 Å². The number of ether oxygens (including phenoxy) is 2. The number of likely N-dealkylation sites (tertiary alicyclic amines) is 1. The van der Waals surface area contributed by atoms with Crippen LogP contribution in [-0.2, 0) is 32.1 Å². The Hall–Kier alpha value is -4.60. The number of halogens is 2. The number of benzene rings is 2. The Kier molecular flexibility index (Phi) is 14.6. The summed E-state index contributed by atoms with van der Waals surface area (Å²) in [6.07, 6.45) is 5.13. The fourth-order valence-electron chi connectivity index (χ4n) is 7.59. The average Bonchev–Trinajstić information content (AvgIpc) is 3.61. The number of nitrogens with zero attached hydrogens (tertiary/aromatic N) is 7. The molecule has 2 fully saturated rings. The predicted molar refractivity (Wildman–Crippen MR) is 210 cm³/mol. The van der Waals surface area contributed by atoms with Gasteiger partial charge >= 0.3 is 12.2 Å². The minimum atomic E-state index is -1.01. The van der Waals surface area contributed by atoms with Crippen molar-refractivity contribution in [1.82, 2.24) is 19.8 Å². The first-order chi connectivity index (χ1) is 26.4. The number of carbonyl (C=O) groups excluding carboxylic acids is 3. The Morgan fingerprint density at radius 3 is 2.56 bits per heavy atom. The first kappa shape index (κ1) is 41.6. The van der Waals surface area contributed by atoms with Crippen LogP contribution in [0.25, 0.3) is 15.6 Å². The number of fused-ring (bicyclic) bond motifs is 2. The second-order valence-corrected chi connectivity index (χ2v) is 15.8. The van der Waals surface area contributed by atoms with Gasteiger partial charge in [0.15, 0.2) is 5.83 Å². The molecule has 2 atom stereocenters. The van der Waals surface area contributed by atoms with Gasteiger partial charge in [-0.2, -0.15) is 19.6 Å². The van der Waals surface area contributed by atoms with E-state index < -0.39 is 17.8 Å². The minimum absolute atomic E-state index is 0.0565. The van der Waals surface area contributed by atoms with Crippen molar-refractivity contribution in [1.29, 1.82) is 0 Å². The Morgan fingerprint density at radius 1 is 1.07 bits per heavy atom. The van der Waals surface area contributed by atoms with Gasteiger partial charge in [0.05, 0.1) is 17.3 Å². The van der Waals surface area contributed by atoms with Crippen molar-refractivity contribution in [2.24, 2.45) is 5.41 Å². The molecule has 2 aromatic carbocycles. The Bertz CT molecular complexity index is 1890. The van der Waals surface area contributed by atoms with Crippen molar-refractivity contribution in [2.75, 3.05) is 75.4 Å². The zero-order chi connectivity index (χ0) is 39.5. The summed E-state index contributed by atoms with van der Waals surface area (Å²) in [5.41, 5.74) is 3.23. The lowest BCUT2D eigenvalue weighted by molar-refractivity contribution is -0.191. The number of rotatable bonds is 13. The molecule has 0 bridgehead atoms. The number of hydrogen-bond acceptors (Lipinski definition) is 10. The summed E-state index contributed by atoms with van der Waals surface area (Å²) in [6, 6.07) is 12.3. The van der Waals surface area contributed by atoms with Crippen molar-refractivity contribution in [3.63, 3.8) is 0 Å². The maximum atomic E-state index is 14.0. The number of carbonyl (C=O) groups is 1. The number of aromatic nitrogens is 2. The highest BCUT2D eigenvalue weighted by atomic mass is 35.5. The van der Waals surface area contributed by atoms with Crippen LogP contribution >= 0.6 is 11.6 Å². The van der Waals surface area contributed by atoms with Crippen LogP contribution in [0.1, 0.15) is 57.7 Å². The first-order valence-corrected chi connectivity index (χ1v) is 19.3. The van der Waals surface area contributed by atoms with Crippen LogP contribution in [0, 0.1) is 12.0 Å². The molecule has 0 N–H and O–H groups in total. The third kappa shape index (κ3) is 10.8. The molecule has 3 aromatic rings. The lowest BCUT2D eigenvalue weighted by Gasteiger charge is -2.41. The monoisotopic (exact) mass is 775 g/mol. The lowest BCUT2D eigenvalue weighted by atomic mass is 9.93. The van der Waals surface area contributed by atoms with Gasteiger partial charge in [0.1, 0.15) is 18.5 Å². The predicted octanol–water partition coefficient (Wildman–Crippen LogP) is 6.37. The zero-order valence-corrected chi connectivity index (χ0v) is 32.8. The van der Waals surface area contributed by atoms with Gasteiger partial charge in [-0.05, 0) is 61.6 Å². The van der Waals surface area contributed by atoms with Crippen LogP contribution in [0.5, 0.6) is 6.01 Å². The molecule has 2 saturated heterocycles. The maximum Gasteiger partial charge on any atom is 0.373 e. The molecule has 55 heavy (non-hydrogen) atoms. The summed E-state index contributed by atoms with van der Waals surface area (Å²) in [4.78, 5) is 50.8. The highest BCUT2D eigenvalue weighted by Crippen LogP contribution is 2.37. The summed E-state index contributed by atoms with van der Waals surface area (Å²) < 4.78 is 26.3. The van der Waals surface area contributed by atoms with Crippen molar-refractivity contribution < 1.29 is 28.2 Å². The van der Waals surface area contributed by atoms with Crippen LogP contribution in [0.4, 0.5) is 15.9 Å². The fraction of sp³-hybridized carbons (Fsp3) is 0.537. The standard InChI is InChI=1S/C40H51ClFN7O3.CO2/c1-28(42)38(50)49-21-20-48(25-31(49)24-43-5)37-32-15-19-47(35-14-7-11-29-10-6-13-33(41)36(29)35)26-34(32)44-39(45-37)52-27-30-12-8-17-46(30)18-9-22-51-23-16-40(2,3)4;2-1-3/h6-7,10-11,13-14,30-31H,1,8-9,12,15-27H2,2-4H3;/t30?,31-;/m0./s1. The molecular weight excluding hydrogens is 725 g/mol. The second kappa shape index (κ2) is 19.3. The zero-order valence-electron chi connectivity index (χ0n) is 32.1. The van der Waals surface area contributed by atoms with Gasteiger partial charge in [0.2, 0.25) is 6.54 Å². The molecular formula is C41H51ClFN7O5. The third-order valence-electron chi connectivity index (χ3n) is 10.4. The van der Waals surface area contributed by atoms with E-state index in [-0.39, 0.29) is 30.7 Å². The minimum Gasteiger partial charge on any atom is -0.462 e. The van der Waals surface area contributed by atoms with E-state index in [0.717, 1.165) is 92.1 Å². The van der Waals surface area contributed by atoms with Crippen LogP contribution in [-0.4, -0.2) is 110 Å². The molecule has 14 heteroatoms. The molecule has 6 rings (SSSR count). The first-order valence-electron chi connectivity index (χ1n) is 18.9. The van der Waals surface area contributed by atoms with Gasteiger partial charge in [-0.1, -0.05) is 63.2 Å². The van der Waals surface area contributed by atoms with E-state index in [1.165, 1.54) is 4.90 Å². The van der Waals surface area contributed by atoms with E-state index in [0.29, 0.717) is 43.7 Å². The van der Waals surface area contributed by atoms with Crippen molar-refractivity contribution in [3.8, 4) is 6.01 Å². The molecule has 1 amide bonds. The highest BCUT2D eigenvalue weighted by molar-refractivity contribution is 6.36. The molecule has 1 unspecified atom stereocenters. The average molecular weight is 776 g/mol. The van der Waals surface area contributed by atoms with E-state index in [4.69, 9.17) is 47.2 Å². The molecule has 1 aromatic heterocycles. The Morgan fingerprint density at radius 2 is 1.84 bits per heavy atom. The molecule has 0 radical (unpaired) electrons. The SMILES string of the molecule is O=C=O.[C-]#[N+]C[C@H]1CN(c2nc(OCC3CCCN3CCCOCCC(C)(C)C)nc3c2CCN(c2cccc4cccc(Cl)c24)C3)CCN1C(=O)C(=C)F. The molecule has 4 heterocycles. The van der Waals surface area contributed by atoms with Crippen LogP contribution in [0.3, 0.4) is 0 Å². The summed E-state index contributed by atoms with van der Waals surface area (Å²) in [5.74, 6) is -1.02. The van der Waals surface area contributed by atoms with Crippen LogP contribution in [0.15, 0.2) is 48.8 Å². The smallest absolute Gasteiger partial charge is 0.373 e. The normalized spacial score (nSPS) is 18.6. The van der Waals surface area contributed by atoms with Gasteiger partial charge in [-0.15, -0.1) is 0 Å². The Balaban J connectivity index is 0.00000187. The second-order valence-electron chi connectivity index (χ2n) is 15.4. The highest BCUT2D eigenvalue weighted by Gasteiger charge is 2.36. The number of amides is 1. The lowest BCUT2D eigenvalue weighted by Crippen LogP contribution is -2.57. The van der Waals surface area contributed by atoms with Gasteiger partial charge in [0.25, 0.3) is 5.91 Å². The Labute approximate surface area is 328 Å². The number of piperazine rings is 1. The van der Waals surface area contributed by atoms with Crippen molar-refractivity contribution in [3.05, 3.63) is 76.5 Å². The molecule has 3 aliphatic rings. The van der Waals surface area contributed by atoms with Gasteiger partial charge in [0, 0.05) is 68.6 Å². The summed E-state index contributed by atoms with van der Waals surface area (Å²) in [5, 5.41) is 2.80. The molecule has 294 valence electrons. The van der Waals surface area contributed by atoms with Crippen LogP contribution < -0.4 is 14.5 Å². The van der Waals surface area contributed by atoms with E-state index >= 15 is 0 Å². The summed E-state index contributed by atoms with van der Waals surface area (Å²) >= 11 is 6.74. The summed E-state index contributed by atoms with van der Waals surface area (Å²) in [6.45, 7) is 23.8. The van der Waals surface area contributed by atoms with E-state index in [9.17, 15) is 9.18 Å².